The summed E-state index contributed by atoms with van der Waals surface area (Å²) in [6.07, 6.45) is 1.59. The number of methoxy groups -OCH3 is 1. The molecular formula is C18H23ClN2O6S. The van der Waals surface area contributed by atoms with Crippen molar-refractivity contribution < 1.29 is 27.5 Å². The number of esters is 1. The van der Waals surface area contributed by atoms with Crippen LogP contribution in [0.1, 0.15) is 19.3 Å². The molecule has 1 aromatic carbocycles. The van der Waals surface area contributed by atoms with Crippen LogP contribution in [0.3, 0.4) is 0 Å². The fourth-order valence-corrected chi connectivity index (χ4v) is 4.68. The number of fused-ring (bicyclic) bond motifs is 1. The molecule has 1 atom stereocenters. The topological polar surface area (TPSA) is 93.2 Å². The van der Waals surface area contributed by atoms with E-state index in [9.17, 15) is 18.0 Å². The standard InChI is InChI=1S/C18H23ClN2O6S/c1-26-18(23)12-5-8-20(9-6-12)17(22)16-7-10-21(28(2,24)25)14-11-13(19)3-4-15(14)27-16/h3-4,11-12,16H,5-10H2,1-2H3/t16-/m0/s1. The average molecular weight is 431 g/mol. The lowest BCUT2D eigenvalue weighted by molar-refractivity contribution is -0.150. The number of piperidine rings is 1. The Labute approximate surface area is 169 Å². The van der Waals surface area contributed by atoms with Crippen molar-refractivity contribution in [2.75, 3.05) is 37.3 Å². The van der Waals surface area contributed by atoms with Crippen molar-refractivity contribution in [2.24, 2.45) is 5.92 Å². The predicted octanol–water partition coefficient (Wildman–Crippen LogP) is 1.67. The van der Waals surface area contributed by atoms with Crippen molar-refractivity contribution >= 4 is 39.2 Å². The number of anilines is 1. The van der Waals surface area contributed by atoms with Crippen LogP contribution in [0.4, 0.5) is 5.69 Å². The summed E-state index contributed by atoms with van der Waals surface area (Å²) in [6, 6.07) is 4.69. The molecule has 2 aliphatic rings. The minimum absolute atomic E-state index is 0.112. The van der Waals surface area contributed by atoms with E-state index < -0.39 is 16.1 Å². The summed E-state index contributed by atoms with van der Waals surface area (Å²) in [5.74, 6) is -0.366. The molecule has 0 N–H and O–H groups in total. The third-order valence-corrected chi connectivity index (χ3v) is 6.49. The Hall–Kier alpha value is -2.00. The zero-order valence-electron chi connectivity index (χ0n) is 15.8. The van der Waals surface area contributed by atoms with Gasteiger partial charge in [0.25, 0.3) is 5.91 Å². The molecular weight excluding hydrogens is 408 g/mol. The van der Waals surface area contributed by atoms with Crippen molar-refractivity contribution in [1.29, 1.82) is 0 Å². The minimum Gasteiger partial charge on any atom is -0.478 e. The van der Waals surface area contributed by atoms with Crippen molar-refractivity contribution in [3.63, 3.8) is 0 Å². The lowest BCUT2D eigenvalue weighted by Crippen LogP contribution is -2.47. The highest BCUT2D eigenvalue weighted by Crippen LogP contribution is 2.36. The van der Waals surface area contributed by atoms with E-state index in [1.54, 1.807) is 17.0 Å². The highest BCUT2D eigenvalue weighted by Gasteiger charge is 2.35. The maximum absolute atomic E-state index is 13.0. The molecule has 1 saturated heterocycles. The van der Waals surface area contributed by atoms with Gasteiger partial charge >= 0.3 is 5.97 Å². The van der Waals surface area contributed by atoms with Crippen molar-refractivity contribution in [3.05, 3.63) is 23.2 Å². The Kier molecular flexibility index (Phi) is 6.04. The number of nitrogens with zero attached hydrogens (tertiary/aromatic N) is 2. The van der Waals surface area contributed by atoms with Gasteiger partial charge in [-0.2, -0.15) is 0 Å². The van der Waals surface area contributed by atoms with E-state index in [2.05, 4.69) is 0 Å². The van der Waals surface area contributed by atoms with E-state index in [-0.39, 0.29) is 30.8 Å². The van der Waals surface area contributed by atoms with Crippen LogP contribution in [-0.4, -0.2) is 64.3 Å². The van der Waals surface area contributed by atoms with Crippen LogP contribution in [0.2, 0.25) is 5.02 Å². The molecule has 0 aliphatic carbocycles. The van der Waals surface area contributed by atoms with Gasteiger partial charge < -0.3 is 14.4 Å². The summed E-state index contributed by atoms with van der Waals surface area (Å²) in [7, 11) is -2.20. The van der Waals surface area contributed by atoms with Crippen molar-refractivity contribution in [2.45, 2.75) is 25.4 Å². The third kappa shape index (κ3) is 4.35. The second-order valence-electron chi connectivity index (χ2n) is 6.97. The number of sulfonamides is 1. The maximum Gasteiger partial charge on any atom is 0.308 e. The second-order valence-corrected chi connectivity index (χ2v) is 9.31. The quantitative estimate of drug-likeness (QED) is 0.677. The molecule has 1 aromatic rings. The Morgan fingerprint density at radius 3 is 2.46 bits per heavy atom. The number of halogens is 1. The summed E-state index contributed by atoms with van der Waals surface area (Å²) in [5.41, 5.74) is 0.328. The van der Waals surface area contributed by atoms with Gasteiger partial charge in [0.2, 0.25) is 10.0 Å². The van der Waals surface area contributed by atoms with E-state index in [0.29, 0.717) is 42.4 Å². The first-order valence-corrected chi connectivity index (χ1v) is 11.2. The molecule has 28 heavy (non-hydrogen) atoms. The number of carbonyl (C=O) groups is 2. The Bertz CT molecular complexity index is 867. The minimum atomic E-state index is -3.55. The zero-order chi connectivity index (χ0) is 20.5. The normalized spacial score (nSPS) is 20.8. The van der Waals surface area contributed by atoms with E-state index in [0.717, 1.165) is 6.26 Å². The summed E-state index contributed by atoms with van der Waals surface area (Å²) in [6.45, 7) is 0.977. The lowest BCUT2D eigenvalue weighted by atomic mass is 9.96. The van der Waals surface area contributed by atoms with E-state index in [1.807, 2.05) is 0 Å². The maximum atomic E-state index is 13.0. The molecule has 0 aromatic heterocycles. The Morgan fingerprint density at radius 1 is 1.18 bits per heavy atom. The molecule has 154 valence electrons. The van der Waals surface area contributed by atoms with E-state index >= 15 is 0 Å². The van der Waals surface area contributed by atoms with Gasteiger partial charge in [-0.3, -0.25) is 13.9 Å². The summed E-state index contributed by atoms with van der Waals surface area (Å²) < 4.78 is 36.3. The van der Waals surface area contributed by atoms with Gasteiger partial charge in [0.15, 0.2) is 6.10 Å². The van der Waals surface area contributed by atoms with Gasteiger partial charge in [0.1, 0.15) is 5.75 Å². The van der Waals surface area contributed by atoms with Crippen LogP contribution in [0, 0.1) is 5.92 Å². The number of carbonyl (C=O) groups excluding carboxylic acids is 2. The fraction of sp³-hybridized carbons (Fsp3) is 0.556. The molecule has 0 saturated carbocycles. The van der Waals surface area contributed by atoms with E-state index in [1.165, 1.54) is 17.5 Å². The number of hydrogen-bond acceptors (Lipinski definition) is 6. The summed E-state index contributed by atoms with van der Waals surface area (Å²) >= 11 is 6.03. The number of benzene rings is 1. The molecule has 2 heterocycles. The molecule has 3 rings (SSSR count). The average Bonchev–Trinajstić information content (AvgIpc) is 2.86. The molecule has 1 amide bonds. The molecule has 10 heteroatoms. The van der Waals surface area contributed by atoms with Crippen molar-refractivity contribution in [1.82, 2.24) is 4.90 Å². The largest absolute Gasteiger partial charge is 0.478 e. The zero-order valence-corrected chi connectivity index (χ0v) is 17.3. The van der Waals surface area contributed by atoms with E-state index in [4.69, 9.17) is 21.1 Å². The first kappa shape index (κ1) is 20.7. The summed E-state index contributed by atoms with van der Waals surface area (Å²) in [5, 5.41) is 0.380. The number of likely N-dealkylation sites (tertiary alicyclic amines) is 1. The number of amides is 1. The highest BCUT2D eigenvalue weighted by atomic mass is 35.5. The molecule has 0 unspecified atom stereocenters. The Balaban J connectivity index is 1.77. The summed E-state index contributed by atoms with van der Waals surface area (Å²) in [4.78, 5) is 26.3. The van der Waals surface area contributed by atoms with Crippen LogP contribution in [0.15, 0.2) is 18.2 Å². The number of hydrogen-bond donors (Lipinski definition) is 0. The number of rotatable bonds is 3. The first-order chi connectivity index (χ1) is 13.2. The molecule has 2 aliphatic heterocycles. The van der Waals surface area contributed by atoms with Gasteiger partial charge in [-0.05, 0) is 31.0 Å². The molecule has 0 radical (unpaired) electrons. The van der Waals surface area contributed by atoms with Crippen LogP contribution < -0.4 is 9.04 Å². The predicted molar refractivity (Wildman–Crippen MR) is 104 cm³/mol. The first-order valence-electron chi connectivity index (χ1n) is 9.01. The van der Waals surface area contributed by atoms with Gasteiger partial charge in [0, 0.05) is 31.1 Å². The Morgan fingerprint density at radius 2 is 1.86 bits per heavy atom. The van der Waals surface area contributed by atoms with Gasteiger partial charge in [-0.15, -0.1) is 0 Å². The fourth-order valence-electron chi connectivity index (χ4n) is 3.58. The molecule has 8 nitrogen and oxygen atoms in total. The lowest BCUT2D eigenvalue weighted by Gasteiger charge is -2.32. The van der Waals surface area contributed by atoms with Gasteiger partial charge in [-0.1, -0.05) is 11.6 Å². The monoisotopic (exact) mass is 430 g/mol. The van der Waals surface area contributed by atoms with Crippen LogP contribution in [0.25, 0.3) is 0 Å². The van der Waals surface area contributed by atoms with Crippen LogP contribution in [-0.2, 0) is 24.3 Å². The molecule has 0 bridgehead atoms. The second kappa shape index (κ2) is 8.16. The molecule has 1 fully saturated rings. The van der Waals surface area contributed by atoms with Crippen LogP contribution >= 0.6 is 11.6 Å². The third-order valence-electron chi connectivity index (χ3n) is 5.07. The van der Waals surface area contributed by atoms with Gasteiger partial charge in [-0.25, -0.2) is 8.42 Å². The number of ether oxygens (including phenoxy) is 2. The van der Waals surface area contributed by atoms with Gasteiger partial charge in [0.05, 0.1) is 25.0 Å². The van der Waals surface area contributed by atoms with Crippen molar-refractivity contribution in [3.8, 4) is 5.75 Å². The highest BCUT2D eigenvalue weighted by molar-refractivity contribution is 7.92. The smallest absolute Gasteiger partial charge is 0.308 e. The SMILES string of the molecule is COC(=O)C1CCN(C(=O)[C@@H]2CCN(S(C)(=O)=O)c3cc(Cl)ccc3O2)CC1. The molecule has 0 spiro atoms. The van der Waals surface area contributed by atoms with Crippen LogP contribution in [0.5, 0.6) is 5.75 Å².